The molecular weight excluding hydrogens is 459 g/mol. The highest BCUT2D eigenvalue weighted by atomic mass is 127. The Bertz CT molecular complexity index is 887. The van der Waals surface area contributed by atoms with Crippen LogP contribution in [0, 0.1) is 23.8 Å². The van der Waals surface area contributed by atoms with Crippen LogP contribution in [0.15, 0.2) is 35.4 Å². The highest BCUT2D eigenvalue weighted by molar-refractivity contribution is 14.1. The first kappa shape index (κ1) is 19.4. The minimum atomic E-state index is -0.718. The van der Waals surface area contributed by atoms with Gasteiger partial charge < -0.3 is 9.47 Å². The first-order valence-electron chi connectivity index (χ1n) is 7.00. The van der Waals surface area contributed by atoms with E-state index in [1.54, 1.807) is 12.1 Å². The average molecular weight is 472 g/mol. The Morgan fingerprint density at radius 2 is 1.85 bits per heavy atom. The molecule has 0 bridgehead atoms. The molecule has 1 N–H and O–H groups in total. The summed E-state index contributed by atoms with van der Waals surface area (Å²) in [5.41, 5.74) is 2.41. The molecule has 0 atom stereocenters. The molecule has 0 heterocycles. The monoisotopic (exact) mass is 472 g/mol. The lowest BCUT2D eigenvalue weighted by Crippen LogP contribution is -1.99. The fourth-order valence-corrected chi connectivity index (χ4v) is 2.91. The second-order valence-corrected chi connectivity index (χ2v) is 5.99. The van der Waals surface area contributed by atoms with E-state index in [0.29, 0.717) is 17.1 Å². The highest BCUT2D eigenvalue weighted by Gasteiger charge is 2.19. The van der Waals surface area contributed by atoms with Crippen LogP contribution >= 0.6 is 22.6 Å². The molecular formula is C15H13IN4O6. The number of anilines is 1. The molecule has 0 aliphatic heterocycles. The molecule has 0 radical (unpaired) electrons. The number of nitrogens with zero attached hydrogens (tertiary/aromatic N) is 3. The van der Waals surface area contributed by atoms with Gasteiger partial charge in [-0.2, -0.15) is 5.10 Å². The van der Waals surface area contributed by atoms with Crippen molar-refractivity contribution >= 4 is 45.9 Å². The van der Waals surface area contributed by atoms with E-state index < -0.39 is 15.5 Å². The summed E-state index contributed by atoms with van der Waals surface area (Å²) in [5.74, 6) is 1.10. The van der Waals surface area contributed by atoms with Crippen LogP contribution < -0.4 is 14.9 Å². The largest absolute Gasteiger partial charge is 0.493 e. The Morgan fingerprint density at radius 1 is 1.12 bits per heavy atom. The van der Waals surface area contributed by atoms with Gasteiger partial charge >= 0.3 is 5.69 Å². The molecule has 10 nitrogen and oxygen atoms in total. The van der Waals surface area contributed by atoms with Gasteiger partial charge in [-0.15, -0.1) is 0 Å². The van der Waals surface area contributed by atoms with E-state index in [1.165, 1.54) is 26.5 Å². The number of nitro benzene ring substituents is 2. The Morgan fingerprint density at radius 3 is 2.42 bits per heavy atom. The number of halogens is 1. The van der Waals surface area contributed by atoms with Gasteiger partial charge in [-0.05, 0) is 46.4 Å². The molecule has 0 aromatic heterocycles. The molecule has 0 unspecified atom stereocenters. The lowest BCUT2D eigenvalue weighted by molar-refractivity contribution is -0.393. The van der Waals surface area contributed by atoms with Crippen LogP contribution in [-0.2, 0) is 0 Å². The minimum absolute atomic E-state index is 0.0343. The topological polar surface area (TPSA) is 129 Å². The highest BCUT2D eigenvalue weighted by Crippen LogP contribution is 2.33. The van der Waals surface area contributed by atoms with E-state index >= 15 is 0 Å². The minimum Gasteiger partial charge on any atom is -0.493 e. The van der Waals surface area contributed by atoms with Crippen LogP contribution in [0.2, 0.25) is 0 Å². The number of nitro groups is 2. The Kier molecular flexibility index (Phi) is 6.27. The zero-order valence-corrected chi connectivity index (χ0v) is 15.8. The molecule has 0 aliphatic rings. The number of hydrogen-bond donors (Lipinski definition) is 1. The Hall–Kier alpha value is -2.96. The normalized spacial score (nSPS) is 10.6. The standard InChI is InChI=1S/C15H13IN4O6/c1-25-14-6-9(5-11(16)15(14)26-2)8-17-18-12-4-3-10(19(21)22)7-13(12)20(23)24/h3-8,18H,1-2H3/b17-8-. The summed E-state index contributed by atoms with van der Waals surface area (Å²) in [6.07, 6.45) is 1.44. The third-order valence-electron chi connectivity index (χ3n) is 3.24. The van der Waals surface area contributed by atoms with Crippen molar-refractivity contribution in [2.45, 2.75) is 0 Å². The van der Waals surface area contributed by atoms with Gasteiger partial charge in [0.1, 0.15) is 5.69 Å². The molecule has 0 saturated carbocycles. The van der Waals surface area contributed by atoms with Crippen molar-refractivity contribution in [1.29, 1.82) is 0 Å². The van der Waals surface area contributed by atoms with Gasteiger partial charge in [-0.3, -0.25) is 25.7 Å². The van der Waals surface area contributed by atoms with Gasteiger partial charge in [-0.25, -0.2) is 0 Å². The molecule has 0 aliphatic carbocycles. The van der Waals surface area contributed by atoms with Crippen LogP contribution in [0.3, 0.4) is 0 Å². The van der Waals surface area contributed by atoms with E-state index in [1.807, 2.05) is 0 Å². The van der Waals surface area contributed by atoms with Crippen molar-refractivity contribution in [2.75, 3.05) is 19.6 Å². The maximum absolute atomic E-state index is 11.1. The van der Waals surface area contributed by atoms with Gasteiger partial charge in [0.2, 0.25) is 0 Å². The van der Waals surface area contributed by atoms with Gasteiger partial charge in [0.15, 0.2) is 11.5 Å². The number of benzene rings is 2. The fraction of sp³-hybridized carbons (Fsp3) is 0.133. The van der Waals surface area contributed by atoms with E-state index in [0.717, 1.165) is 15.7 Å². The van der Waals surface area contributed by atoms with Crippen molar-refractivity contribution < 1.29 is 19.3 Å². The zero-order valence-electron chi connectivity index (χ0n) is 13.6. The maximum atomic E-state index is 11.1. The van der Waals surface area contributed by atoms with Gasteiger partial charge in [-0.1, -0.05) is 0 Å². The number of hydrogen-bond acceptors (Lipinski definition) is 8. The number of hydrazone groups is 1. The summed E-state index contributed by atoms with van der Waals surface area (Å²) in [7, 11) is 3.04. The summed E-state index contributed by atoms with van der Waals surface area (Å²) >= 11 is 2.08. The number of non-ortho nitro benzene ring substituents is 1. The first-order valence-corrected chi connectivity index (χ1v) is 8.08. The number of methoxy groups -OCH3 is 2. The predicted molar refractivity (Wildman–Crippen MR) is 103 cm³/mol. The molecule has 0 amide bonds. The SMILES string of the molecule is COc1cc(/C=N\Nc2ccc([N+](=O)[O-])cc2[N+](=O)[O-])cc(I)c1OC. The van der Waals surface area contributed by atoms with Crippen molar-refractivity contribution in [3.05, 3.63) is 59.7 Å². The summed E-state index contributed by atoms with van der Waals surface area (Å²) in [5, 5.41) is 25.8. The predicted octanol–water partition coefficient (Wildman–Crippen LogP) is 3.57. The summed E-state index contributed by atoms with van der Waals surface area (Å²) in [6.45, 7) is 0. The third-order valence-corrected chi connectivity index (χ3v) is 4.04. The summed E-state index contributed by atoms with van der Waals surface area (Å²) < 4.78 is 11.3. The molecule has 2 aromatic rings. The number of nitrogens with one attached hydrogen (secondary N) is 1. The summed E-state index contributed by atoms with van der Waals surface area (Å²) in [4.78, 5) is 20.4. The molecule has 11 heteroatoms. The quantitative estimate of drug-likeness (QED) is 0.282. The van der Waals surface area contributed by atoms with Crippen LogP contribution in [0.1, 0.15) is 5.56 Å². The molecule has 2 aromatic carbocycles. The second kappa shape index (κ2) is 8.42. The second-order valence-electron chi connectivity index (χ2n) is 4.82. The molecule has 2 rings (SSSR count). The van der Waals surface area contributed by atoms with Crippen LogP contribution in [0.4, 0.5) is 17.1 Å². The molecule has 0 saturated heterocycles. The van der Waals surface area contributed by atoms with E-state index in [9.17, 15) is 20.2 Å². The average Bonchev–Trinajstić information content (AvgIpc) is 2.61. The summed E-state index contributed by atoms with van der Waals surface area (Å²) in [6, 6.07) is 6.74. The Balaban J connectivity index is 2.27. The lowest BCUT2D eigenvalue weighted by Gasteiger charge is -2.10. The van der Waals surface area contributed by atoms with Gasteiger partial charge in [0, 0.05) is 6.07 Å². The third kappa shape index (κ3) is 4.36. The first-order chi connectivity index (χ1) is 12.4. The van der Waals surface area contributed by atoms with Crippen molar-refractivity contribution in [1.82, 2.24) is 0 Å². The number of rotatable bonds is 7. The molecule has 136 valence electrons. The van der Waals surface area contributed by atoms with Crippen LogP contribution in [0.25, 0.3) is 0 Å². The van der Waals surface area contributed by atoms with Gasteiger partial charge in [0.05, 0.1) is 39.9 Å². The Labute approximate surface area is 161 Å². The van der Waals surface area contributed by atoms with Crippen molar-refractivity contribution in [3.8, 4) is 11.5 Å². The van der Waals surface area contributed by atoms with Crippen LogP contribution in [-0.4, -0.2) is 30.3 Å². The lowest BCUT2D eigenvalue weighted by atomic mass is 10.2. The maximum Gasteiger partial charge on any atom is 0.301 e. The van der Waals surface area contributed by atoms with Crippen molar-refractivity contribution in [3.63, 3.8) is 0 Å². The number of ether oxygens (including phenoxy) is 2. The zero-order chi connectivity index (χ0) is 19.3. The fourth-order valence-electron chi connectivity index (χ4n) is 2.07. The van der Waals surface area contributed by atoms with Gasteiger partial charge in [0.25, 0.3) is 5.69 Å². The molecule has 0 spiro atoms. The van der Waals surface area contributed by atoms with Crippen LogP contribution in [0.5, 0.6) is 11.5 Å². The van der Waals surface area contributed by atoms with E-state index in [2.05, 4.69) is 33.1 Å². The molecule has 26 heavy (non-hydrogen) atoms. The smallest absolute Gasteiger partial charge is 0.301 e. The van der Waals surface area contributed by atoms with E-state index in [4.69, 9.17) is 9.47 Å². The van der Waals surface area contributed by atoms with E-state index in [-0.39, 0.29) is 11.4 Å². The van der Waals surface area contributed by atoms with Crippen molar-refractivity contribution in [2.24, 2.45) is 5.10 Å². The molecule has 0 fully saturated rings.